The van der Waals surface area contributed by atoms with E-state index in [1.165, 1.54) is 5.56 Å². The molecule has 0 saturated heterocycles. The lowest BCUT2D eigenvalue weighted by Gasteiger charge is -2.18. The number of hydrogen-bond acceptors (Lipinski definition) is 3. The summed E-state index contributed by atoms with van der Waals surface area (Å²) in [5, 5.41) is 0. The molecule has 0 radical (unpaired) electrons. The molecule has 0 amide bonds. The first-order valence-electron chi connectivity index (χ1n) is 5.92. The summed E-state index contributed by atoms with van der Waals surface area (Å²) in [7, 11) is 0. The van der Waals surface area contributed by atoms with Gasteiger partial charge in [0, 0.05) is 0 Å². The Labute approximate surface area is 99.8 Å². The van der Waals surface area contributed by atoms with Crippen molar-refractivity contribution >= 4 is 11.1 Å². The number of fused-ring (bicyclic) bond motifs is 1. The Kier molecular flexibility index (Phi) is 3.33. The maximum absolute atomic E-state index is 11.0. The lowest BCUT2D eigenvalue weighted by Crippen LogP contribution is -2.22. The number of aromatic nitrogens is 1. The quantitative estimate of drug-likeness (QED) is 0.848. The Balaban J connectivity index is 2.26. The summed E-state index contributed by atoms with van der Waals surface area (Å²) in [4.78, 5) is 13.7. The standard InChI is InChI=1S/C13H18N2O2/c1-8(2)10(7-14)5-9-3-4-12-11(6-9)15-13(16)17-12/h3-4,6,8,10H,5,7,14H2,1-2H3,(H,15,16). The third-order valence-corrected chi connectivity index (χ3v) is 3.23. The second-order valence-corrected chi connectivity index (χ2v) is 4.79. The van der Waals surface area contributed by atoms with E-state index in [0.29, 0.717) is 24.0 Å². The highest BCUT2D eigenvalue weighted by Gasteiger charge is 2.12. The molecule has 3 N–H and O–H groups in total. The van der Waals surface area contributed by atoms with Crippen molar-refractivity contribution in [1.82, 2.24) is 4.98 Å². The van der Waals surface area contributed by atoms with E-state index in [0.717, 1.165) is 11.9 Å². The third-order valence-electron chi connectivity index (χ3n) is 3.23. The Morgan fingerprint density at radius 1 is 1.41 bits per heavy atom. The fourth-order valence-corrected chi connectivity index (χ4v) is 2.02. The van der Waals surface area contributed by atoms with E-state index >= 15 is 0 Å². The molecule has 0 aliphatic heterocycles. The predicted octanol–water partition coefficient (Wildman–Crippen LogP) is 1.89. The molecule has 1 aromatic heterocycles. The fourth-order valence-electron chi connectivity index (χ4n) is 2.02. The van der Waals surface area contributed by atoms with Gasteiger partial charge in [-0.3, -0.25) is 4.98 Å². The van der Waals surface area contributed by atoms with Crippen molar-refractivity contribution in [3.8, 4) is 0 Å². The van der Waals surface area contributed by atoms with Gasteiger partial charge >= 0.3 is 5.76 Å². The van der Waals surface area contributed by atoms with Crippen molar-refractivity contribution in [3.05, 3.63) is 34.3 Å². The van der Waals surface area contributed by atoms with E-state index in [1.807, 2.05) is 18.2 Å². The molecule has 0 aliphatic carbocycles. The van der Waals surface area contributed by atoms with Gasteiger partial charge in [-0.2, -0.15) is 0 Å². The fraction of sp³-hybridized carbons (Fsp3) is 0.462. The molecule has 1 unspecified atom stereocenters. The van der Waals surface area contributed by atoms with Crippen LogP contribution in [0.15, 0.2) is 27.4 Å². The van der Waals surface area contributed by atoms with Gasteiger partial charge in [-0.25, -0.2) is 4.79 Å². The van der Waals surface area contributed by atoms with E-state index < -0.39 is 5.76 Å². The van der Waals surface area contributed by atoms with Crippen LogP contribution >= 0.6 is 0 Å². The number of hydrogen-bond donors (Lipinski definition) is 2. The van der Waals surface area contributed by atoms with Crippen LogP contribution in [0.3, 0.4) is 0 Å². The maximum Gasteiger partial charge on any atom is 0.417 e. The molecule has 1 aromatic carbocycles. The molecule has 4 nitrogen and oxygen atoms in total. The van der Waals surface area contributed by atoms with Gasteiger partial charge < -0.3 is 10.2 Å². The van der Waals surface area contributed by atoms with Gasteiger partial charge in [-0.15, -0.1) is 0 Å². The van der Waals surface area contributed by atoms with Crippen LogP contribution in [0, 0.1) is 11.8 Å². The molecule has 0 bridgehead atoms. The van der Waals surface area contributed by atoms with Crippen LogP contribution in [0.5, 0.6) is 0 Å². The minimum Gasteiger partial charge on any atom is -0.408 e. The van der Waals surface area contributed by atoms with Crippen LogP contribution in [-0.2, 0) is 6.42 Å². The molecule has 17 heavy (non-hydrogen) atoms. The first-order valence-corrected chi connectivity index (χ1v) is 5.92. The number of nitrogens with one attached hydrogen (secondary N) is 1. The van der Waals surface area contributed by atoms with E-state index in [1.54, 1.807) is 0 Å². The average molecular weight is 234 g/mol. The Bertz CT molecular complexity index is 554. The van der Waals surface area contributed by atoms with Crippen LogP contribution in [0.4, 0.5) is 0 Å². The Morgan fingerprint density at radius 2 is 2.18 bits per heavy atom. The second-order valence-electron chi connectivity index (χ2n) is 4.79. The van der Waals surface area contributed by atoms with Crippen molar-refractivity contribution in [2.24, 2.45) is 17.6 Å². The SMILES string of the molecule is CC(C)C(CN)Cc1ccc2oc(=O)[nH]c2c1. The molecule has 1 atom stereocenters. The molecule has 2 aromatic rings. The minimum absolute atomic E-state index is 0.406. The van der Waals surface area contributed by atoms with Crippen LogP contribution in [0.1, 0.15) is 19.4 Å². The van der Waals surface area contributed by atoms with Crippen molar-refractivity contribution in [3.63, 3.8) is 0 Å². The summed E-state index contributed by atoms with van der Waals surface area (Å²) in [5.41, 5.74) is 8.30. The van der Waals surface area contributed by atoms with Gasteiger partial charge in [-0.05, 0) is 42.5 Å². The van der Waals surface area contributed by atoms with E-state index in [2.05, 4.69) is 18.8 Å². The van der Waals surface area contributed by atoms with Crippen LogP contribution in [0.25, 0.3) is 11.1 Å². The Morgan fingerprint density at radius 3 is 2.82 bits per heavy atom. The lowest BCUT2D eigenvalue weighted by molar-refractivity contribution is 0.392. The molecule has 92 valence electrons. The molecule has 0 fully saturated rings. The second kappa shape index (κ2) is 4.75. The van der Waals surface area contributed by atoms with Gasteiger partial charge in [-0.1, -0.05) is 19.9 Å². The molecule has 0 saturated carbocycles. The summed E-state index contributed by atoms with van der Waals surface area (Å²) in [6.45, 7) is 5.03. The number of rotatable bonds is 4. The number of H-pyrrole nitrogens is 1. The lowest BCUT2D eigenvalue weighted by atomic mass is 9.89. The summed E-state index contributed by atoms with van der Waals surface area (Å²) in [6, 6.07) is 5.78. The first-order chi connectivity index (χ1) is 8.10. The number of oxazole rings is 1. The summed E-state index contributed by atoms with van der Waals surface area (Å²) < 4.78 is 4.97. The number of benzene rings is 1. The maximum atomic E-state index is 11.0. The van der Waals surface area contributed by atoms with Crippen molar-refractivity contribution in [1.29, 1.82) is 0 Å². The highest BCUT2D eigenvalue weighted by molar-refractivity contribution is 5.72. The molecule has 0 spiro atoms. The molecule has 2 rings (SSSR count). The van der Waals surface area contributed by atoms with Gasteiger partial charge in [0.1, 0.15) is 0 Å². The zero-order valence-corrected chi connectivity index (χ0v) is 10.2. The normalized spacial score (nSPS) is 13.4. The molecular formula is C13H18N2O2. The monoisotopic (exact) mass is 234 g/mol. The Hall–Kier alpha value is -1.55. The molecule has 1 heterocycles. The van der Waals surface area contributed by atoms with E-state index in [4.69, 9.17) is 10.2 Å². The topological polar surface area (TPSA) is 72.0 Å². The third kappa shape index (κ3) is 2.58. The predicted molar refractivity (Wildman–Crippen MR) is 67.9 cm³/mol. The van der Waals surface area contributed by atoms with Crippen molar-refractivity contribution in [2.45, 2.75) is 20.3 Å². The largest absolute Gasteiger partial charge is 0.417 e. The van der Waals surface area contributed by atoms with Crippen LogP contribution < -0.4 is 11.5 Å². The first kappa shape index (κ1) is 11.9. The van der Waals surface area contributed by atoms with Gasteiger partial charge in [0.15, 0.2) is 5.58 Å². The van der Waals surface area contributed by atoms with Crippen LogP contribution in [0.2, 0.25) is 0 Å². The average Bonchev–Trinajstić information content (AvgIpc) is 2.64. The van der Waals surface area contributed by atoms with E-state index in [9.17, 15) is 4.79 Å². The zero-order chi connectivity index (χ0) is 12.4. The van der Waals surface area contributed by atoms with Crippen molar-refractivity contribution in [2.75, 3.05) is 6.54 Å². The minimum atomic E-state index is -0.406. The van der Waals surface area contributed by atoms with Crippen LogP contribution in [-0.4, -0.2) is 11.5 Å². The summed E-state index contributed by atoms with van der Waals surface area (Å²) >= 11 is 0. The molecule has 4 heteroatoms. The summed E-state index contributed by atoms with van der Waals surface area (Å²) in [6.07, 6.45) is 0.928. The van der Waals surface area contributed by atoms with E-state index in [-0.39, 0.29) is 0 Å². The van der Waals surface area contributed by atoms with Gasteiger partial charge in [0.2, 0.25) is 0 Å². The highest BCUT2D eigenvalue weighted by Crippen LogP contribution is 2.19. The zero-order valence-electron chi connectivity index (χ0n) is 10.2. The van der Waals surface area contributed by atoms with Crippen molar-refractivity contribution < 1.29 is 4.42 Å². The molecular weight excluding hydrogens is 216 g/mol. The smallest absolute Gasteiger partial charge is 0.408 e. The highest BCUT2D eigenvalue weighted by atomic mass is 16.4. The molecule has 0 aliphatic rings. The number of aromatic amines is 1. The van der Waals surface area contributed by atoms with Gasteiger partial charge in [0.05, 0.1) is 5.52 Å². The van der Waals surface area contributed by atoms with Gasteiger partial charge in [0.25, 0.3) is 0 Å². The number of nitrogens with two attached hydrogens (primary N) is 1. The summed E-state index contributed by atoms with van der Waals surface area (Å²) in [5.74, 6) is 0.613.